The van der Waals surface area contributed by atoms with Gasteiger partial charge in [-0.2, -0.15) is 0 Å². The number of rotatable bonds is 3. The van der Waals surface area contributed by atoms with Crippen LogP contribution >= 0.6 is 15.9 Å². The first-order valence-electron chi connectivity index (χ1n) is 6.71. The second-order valence-corrected chi connectivity index (χ2v) is 5.98. The maximum atomic E-state index is 13.5. The van der Waals surface area contributed by atoms with Gasteiger partial charge in [0, 0.05) is 22.6 Å². The summed E-state index contributed by atoms with van der Waals surface area (Å²) < 4.78 is 14.3. The summed E-state index contributed by atoms with van der Waals surface area (Å²) in [5, 5.41) is 14.9. The number of carbonyl (C=O) groups is 1. The van der Waals surface area contributed by atoms with E-state index in [0.29, 0.717) is 18.4 Å². The van der Waals surface area contributed by atoms with Crippen LogP contribution in [0.15, 0.2) is 22.7 Å². The fourth-order valence-corrected chi connectivity index (χ4v) is 2.72. The third kappa shape index (κ3) is 4.45. The predicted molar refractivity (Wildman–Crippen MR) is 77.7 cm³/mol. The lowest BCUT2D eigenvalue weighted by atomic mass is 9.93. The molecule has 1 aromatic carbocycles. The molecule has 2 amide bonds. The zero-order valence-corrected chi connectivity index (χ0v) is 12.6. The quantitative estimate of drug-likeness (QED) is 0.789. The Morgan fingerprint density at radius 1 is 1.35 bits per heavy atom. The van der Waals surface area contributed by atoms with Crippen molar-refractivity contribution in [3.05, 3.63) is 34.1 Å². The van der Waals surface area contributed by atoms with Crippen molar-refractivity contribution in [1.82, 2.24) is 10.6 Å². The van der Waals surface area contributed by atoms with Crippen LogP contribution in [0.5, 0.6) is 0 Å². The highest BCUT2D eigenvalue weighted by Gasteiger charge is 2.20. The van der Waals surface area contributed by atoms with E-state index in [9.17, 15) is 14.3 Å². The Labute approximate surface area is 125 Å². The topological polar surface area (TPSA) is 61.4 Å². The first-order chi connectivity index (χ1) is 9.54. The summed E-state index contributed by atoms with van der Waals surface area (Å²) in [7, 11) is 0. The predicted octanol–water partition coefficient (Wildman–Crippen LogP) is 2.69. The average Bonchev–Trinajstić information content (AvgIpc) is 2.42. The molecule has 6 heteroatoms. The molecule has 0 unspecified atom stereocenters. The van der Waals surface area contributed by atoms with Crippen molar-refractivity contribution in [3.8, 4) is 0 Å². The molecule has 0 saturated heterocycles. The van der Waals surface area contributed by atoms with Crippen molar-refractivity contribution in [3.63, 3.8) is 0 Å². The smallest absolute Gasteiger partial charge is 0.315 e. The number of aliphatic hydroxyl groups excluding tert-OH is 1. The molecule has 1 aromatic rings. The summed E-state index contributed by atoms with van der Waals surface area (Å²) in [5.74, 6) is -0.339. The minimum Gasteiger partial charge on any atom is -0.393 e. The number of benzene rings is 1. The summed E-state index contributed by atoms with van der Waals surface area (Å²) in [6, 6.07) is 4.41. The number of halogens is 2. The van der Waals surface area contributed by atoms with Crippen LogP contribution in [0, 0.1) is 5.82 Å². The number of nitrogens with one attached hydrogen (secondary N) is 2. The van der Waals surface area contributed by atoms with E-state index in [4.69, 9.17) is 0 Å². The third-order valence-electron chi connectivity index (χ3n) is 3.48. The second-order valence-electron chi connectivity index (χ2n) is 5.07. The third-order valence-corrected chi connectivity index (χ3v) is 3.97. The first-order valence-corrected chi connectivity index (χ1v) is 7.50. The van der Waals surface area contributed by atoms with Gasteiger partial charge in [0.2, 0.25) is 0 Å². The van der Waals surface area contributed by atoms with Crippen molar-refractivity contribution >= 4 is 22.0 Å². The lowest BCUT2D eigenvalue weighted by Gasteiger charge is -2.26. The van der Waals surface area contributed by atoms with Gasteiger partial charge in [-0.15, -0.1) is 0 Å². The van der Waals surface area contributed by atoms with Gasteiger partial charge in [0.1, 0.15) is 5.82 Å². The normalized spacial score (nSPS) is 22.4. The zero-order chi connectivity index (χ0) is 14.5. The molecule has 110 valence electrons. The van der Waals surface area contributed by atoms with Crippen LogP contribution in [-0.2, 0) is 6.54 Å². The molecule has 0 radical (unpaired) electrons. The molecular weight excluding hydrogens is 327 g/mol. The van der Waals surface area contributed by atoms with E-state index < -0.39 is 0 Å². The lowest BCUT2D eigenvalue weighted by molar-refractivity contribution is 0.117. The number of amides is 2. The number of hydrogen-bond donors (Lipinski definition) is 3. The number of hydrogen-bond acceptors (Lipinski definition) is 2. The van der Waals surface area contributed by atoms with E-state index in [1.807, 2.05) is 0 Å². The highest BCUT2D eigenvalue weighted by atomic mass is 79.9. The van der Waals surface area contributed by atoms with E-state index >= 15 is 0 Å². The highest BCUT2D eigenvalue weighted by molar-refractivity contribution is 9.10. The van der Waals surface area contributed by atoms with E-state index in [2.05, 4.69) is 26.6 Å². The molecule has 20 heavy (non-hydrogen) atoms. The Morgan fingerprint density at radius 3 is 2.75 bits per heavy atom. The van der Waals surface area contributed by atoms with Crippen molar-refractivity contribution < 1.29 is 14.3 Å². The Hall–Kier alpha value is -1.14. The largest absolute Gasteiger partial charge is 0.393 e. The van der Waals surface area contributed by atoms with Crippen LogP contribution in [0.25, 0.3) is 0 Å². The molecule has 0 heterocycles. The number of urea groups is 1. The summed E-state index contributed by atoms with van der Waals surface area (Å²) >= 11 is 3.27. The highest BCUT2D eigenvalue weighted by Crippen LogP contribution is 2.18. The Balaban J connectivity index is 1.79. The number of aliphatic hydroxyl groups is 1. The average molecular weight is 345 g/mol. The lowest BCUT2D eigenvalue weighted by Crippen LogP contribution is -2.43. The second kappa shape index (κ2) is 7.04. The molecule has 0 aromatic heterocycles. The van der Waals surface area contributed by atoms with Crippen molar-refractivity contribution in [1.29, 1.82) is 0 Å². The fraction of sp³-hybridized carbons (Fsp3) is 0.500. The Bertz CT molecular complexity index is 476. The van der Waals surface area contributed by atoms with Gasteiger partial charge in [-0.1, -0.05) is 15.9 Å². The monoisotopic (exact) mass is 344 g/mol. The Kier molecular flexibility index (Phi) is 5.37. The molecular formula is C14H18BrFN2O2. The molecule has 0 bridgehead atoms. The van der Waals surface area contributed by atoms with Crippen LogP contribution in [0.4, 0.5) is 9.18 Å². The summed E-state index contributed by atoms with van der Waals surface area (Å²) in [6.45, 7) is 0.145. The van der Waals surface area contributed by atoms with Gasteiger partial charge in [-0.25, -0.2) is 9.18 Å². The van der Waals surface area contributed by atoms with Crippen molar-refractivity contribution in [2.45, 2.75) is 44.4 Å². The van der Waals surface area contributed by atoms with Gasteiger partial charge in [0.15, 0.2) is 0 Å². The van der Waals surface area contributed by atoms with Gasteiger partial charge in [0.25, 0.3) is 0 Å². The van der Waals surface area contributed by atoms with Gasteiger partial charge in [-0.05, 0) is 43.9 Å². The molecule has 0 aliphatic heterocycles. The fourth-order valence-electron chi connectivity index (χ4n) is 2.31. The molecule has 4 nitrogen and oxygen atoms in total. The summed E-state index contributed by atoms with van der Waals surface area (Å²) in [4.78, 5) is 11.7. The minimum atomic E-state index is -0.339. The SMILES string of the molecule is O=C(NCc1cc(Br)ccc1F)NC1CCC(O)CC1. The Morgan fingerprint density at radius 2 is 2.05 bits per heavy atom. The van der Waals surface area contributed by atoms with Crippen LogP contribution < -0.4 is 10.6 Å². The molecule has 1 fully saturated rings. The van der Waals surface area contributed by atoms with E-state index in [1.165, 1.54) is 6.07 Å². The number of carbonyl (C=O) groups excluding carboxylic acids is 1. The van der Waals surface area contributed by atoms with Crippen molar-refractivity contribution in [2.75, 3.05) is 0 Å². The van der Waals surface area contributed by atoms with Crippen molar-refractivity contribution in [2.24, 2.45) is 0 Å². The maximum Gasteiger partial charge on any atom is 0.315 e. The first kappa shape index (κ1) is 15.3. The van der Waals surface area contributed by atoms with Gasteiger partial charge >= 0.3 is 6.03 Å². The van der Waals surface area contributed by atoms with E-state index in [1.54, 1.807) is 12.1 Å². The minimum absolute atomic E-state index is 0.0887. The van der Waals surface area contributed by atoms with Crippen LogP contribution in [-0.4, -0.2) is 23.3 Å². The summed E-state index contributed by atoms with van der Waals surface area (Å²) in [5.41, 5.74) is 0.439. The molecule has 1 saturated carbocycles. The molecule has 0 spiro atoms. The van der Waals surface area contributed by atoms with Gasteiger partial charge < -0.3 is 15.7 Å². The standard InChI is InChI=1S/C14H18BrFN2O2/c15-10-1-6-13(16)9(7-10)8-17-14(20)18-11-2-4-12(19)5-3-11/h1,6-7,11-12,19H,2-5,8H2,(H2,17,18,20). The van der Waals surface area contributed by atoms with Crippen LogP contribution in [0.2, 0.25) is 0 Å². The van der Waals surface area contributed by atoms with E-state index in [-0.39, 0.29) is 30.5 Å². The molecule has 1 aliphatic rings. The van der Waals surface area contributed by atoms with Crippen LogP contribution in [0.1, 0.15) is 31.2 Å². The zero-order valence-electron chi connectivity index (χ0n) is 11.0. The summed E-state index contributed by atoms with van der Waals surface area (Å²) in [6.07, 6.45) is 2.74. The maximum absolute atomic E-state index is 13.5. The molecule has 2 rings (SSSR count). The molecule has 0 atom stereocenters. The molecule has 1 aliphatic carbocycles. The van der Waals surface area contributed by atoms with E-state index in [0.717, 1.165) is 17.3 Å². The van der Waals surface area contributed by atoms with Gasteiger partial charge in [0.05, 0.1) is 6.10 Å². The van der Waals surface area contributed by atoms with Crippen LogP contribution in [0.3, 0.4) is 0 Å². The van der Waals surface area contributed by atoms with Gasteiger partial charge in [-0.3, -0.25) is 0 Å². The molecule has 3 N–H and O–H groups in total.